The van der Waals surface area contributed by atoms with Crippen molar-refractivity contribution >= 4 is 17.7 Å². The Kier molecular flexibility index (Phi) is 8.51. The Labute approximate surface area is 159 Å². The van der Waals surface area contributed by atoms with Crippen molar-refractivity contribution in [2.45, 2.75) is 35.8 Å². The van der Waals surface area contributed by atoms with Crippen molar-refractivity contribution in [2.75, 3.05) is 13.7 Å². The topological polar surface area (TPSA) is 66.8 Å². The predicted molar refractivity (Wildman–Crippen MR) is 105 cm³/mol. The molecule has 0 radical (unpaired) electrons. The van der Waals surface area contributed by atoms with Gasteiger partial charge in [0.25, 0.3) is 0 Å². The van der Waals surface area contributed by atoms with Gasteiger partial charge < -0.3 is 14.9 Å². The highest BCUT2D eigenvalue weighted by Crippen LogP contribution is 2.33. The summed E-state index contributed by atoms with van der Waals surface area (Å²) in [5, 5.41) is 18.8. The van der Waals surface area contributed by atoms with Gasteiger partial charge in [-0.15, -0.1) is 11.8 Å². The molecule has 0 unspecified atom stereocenters. The van der Waals surface area contributed by atoms with E-state index in [0.717, 1.165) is 36.3 Å². The smallest absolute Gasteiger partial charge is 0.309 e. The van der Waals surface area contributed by atoms with Gasteiger partial charge in [-0.1, -0.05) is 36.8 Å². The summed E-state index contributed by atoms with van der Waals surface area (Å²) in [4.78, 5) is 12.5. The van der Waals surface area contributed by atoms with Gasteiger partial charge in [-0.05, 0) is 49.1 Å². The highest BCUT2D eigenvalue weighted by molar-refractivity contribution is 8.00. The van der Waals surface area contributed by atoms with Crippen LogP contribution in [0, 0.1) is 5.92 Å². The zero-order valence-corrected chi connectivity index (χ0v) is 15.8. The maximum Gasteiger partial charge on any atom is 0.309 e. The van der Waals surface area contributed by atoms with Gasteiger partial charge in [-0.2, -0.15) is 0 Å². The maximum absolute atomic E-state index is 11.5. The van der Waals surface area contributed by atoms with E-state index in [1.807, 2.05) is 42.5 Å². The van der Waals surface area contributed by atoms with Crippen LogP contribution in [0.5, 0.6) is 5.75 Å². The Balaban J connectivity index is 1.94. The number of thioether (sulfide) groups is 1. The molecule has 26 heavy (non-hydrogen) atoms. The highest BCUT2D eigenvalue weighted by atomic mass is 32.2. The average Bonchev–Trinajstić information content (AvgIpc) is 2.66. The zero-order chi connectivity index (χ0) is 18.8. The largest absolute Gasteiger partial charge is 0.497 e. The Morgan fingerprint density at radius 3 is 2.35 bits per heavy atom. The lowest BCUT2D eigenvalue weighted by Gasteiger charge is -2.22. The molecule has 2 aromatic rings. The van der Waals surface area contributed by atoms with Crippen LogP contribution in [0.1, 0.15) is 24.8 Å². The van der Waals surface area contributed by atoms with Crippen LogP contribution in [0.2, 0.25) is 0 Å². The number of carbonyl (C=O) groups is 1. The molecule has 2 atom stereocenters. The number of hydrogen-bond donors (Lipinski definition) is 2. The molecule has 0 fully saturated rings. The number of aliphatic hydroxyl groups is 1. The number of benzene rings is 2. The predicted octanol–water partition coefficient (Wildman–Crippen LogP) is 4.26. The minimum Gasteiger partial charge on any atom is -0.497 e. The van der Waals surface area contributed by atoms with Crippen molar-refractivity contribution in [3.63, 3.8) is 0 Å². The third kappa shape index (κ3) is 6.39. The number of unbranched alkanes of at least 4 members (excludes halogenated alkanes) is 1. The fraction of sp³-hybridized carbons (Fsp3) is 0.381. The number of carboxylic acid groups (broad SMARTS) is 1. The summed E-state index contributed by atoms with van der Waals surface area (Å²) in [6, 6.07) is 17.9. The molecule has 2 N–H and O–H groups in total. The van der Waals surface area contributed by atoms with E-state index in [2.05, 4.69) is 12.1 Å². The summed E-state index contributed by atoms with van der Waals surface area (Å²) in [6.07, 6.45) is 3.66. The Hall–Kier alpha value is -1.98. The van der Waals surface area contributed by atoms with E-state index in [-0.39, 0.29) is 11.9 Å². The molecule has 2 aromatic carbocycles. The molecule has 140 valence electrons. The quantitative estimate of drug-likeness (QED) is 0.454. The van der Waals surface area contributed by atoms with E-state index in [1.54, 1.807) is 7.11 Å². The van der Waals surface area contributed by atoms with Crippen LogP contribution >= 0.6 is 11.8 Å². The first-order chi connectivity index (χ1) is 12.6. The molecule has 0 bridgehead atoms. The first-order valence-electron chi connectivity index (χ1n) is 8.82. The van der Waals surface area contributed by atoms with E-state index in [4.69, 9.17) is 4.74 Å². The number of aliphatic hydroxyl groups excluding tert-OH is 1. The Bertz CT molecular complexity index is 657. The molecule has 0 aromatic heterocycles. The summed E-state index contributed by atoms with van der Waals surface area (Å²) < 4.78 is 5.16. The Morgan fingerprint density at radius 1 is 1.08 bits per heavy atom. The van der Waals surface area contributed by atoms with Crippen LogP contribution in [0.15, 0.2) is 59.5 Å². The van der Waals surface area contributed by atoms with Crippen molar-refractivity contribution in [3.05, 3.63) is 60.2 Å². The maximum atomic E-state index is 11.5. The molecule has 0 aliphatic carbocycles. The van der Waals surface area contributed by atoms with Crippen molar-refractivity contribution in [3.8, 4) is 5.75 Å². The standard InChI is InChI=1S/C21H26O4S/c1-25-17-11-13-18(14-12-17)26-20(19(15-22)21(23)24)10-6-5-9-16-7-3-2-4-8-16/h2-4,7-8,11-14,19-20,22H,5-6,9-10,15H2,1H3,(H,23,24)/t19-,20+/m0/s1. The second-order valence-electron chi connectivity index (χ2n) is 6.19. The monoisotopic (exact) mass is 374 g/mol. The van der Waals surface area contributed by atoms with Gasteiger partial charge >= 0.3 is 5.97 Å². The molecule has 0 heterocycles. The van der Waals surface area contributed by atoms with E-state index in [0.29, 0.717) is 0 Å². The fourth-order valence-electron chi connectivity index (χ4n) is 2.85. The van der Waals surface area contributed by atoms with E-state index < -0.39 is 11.9 Å². The van der Waals surface area contributed by atoms with Crippen LogP contribution in [-0.2, 0) is 11.2 Å². The number of carboxylic acids is 1. The third-order valence-electron chi connectivity index (χ3n) is 4.36. The van der Waals surface area contributed by atoms with E-state index in [9.17, 15) is 15.0 Å². The molecule has 0 saturated carbocycles. The van der Waals surface area contributed by atoms with Gasteiger partial charge in [0, 0.05) is 10.1 Å². The lowest BCUT2D eigenvalue weighted by Crippen LogP contribution is -2.29. The molecule has 0 amide bonds. The van der Waals surface area contributed by atoms with Crippen molar-refractivity contribution in [1.29, 1.82) is 0 Å². The van der Waals surface area contributed by atoms with Gasteiger partial charge in [-0.3, -0.25) is 4.79 Å². The number of aryl methyl sites for hydroxylation is 1. The first kappa shape index (κ1) is 20.3. The summed E-state index contributed by atoms with van der Waals surface area (Å²) in [6.45, 7) is -0.345. The second kappa shape index (κ2) is 10.9. The lowest BCUT2D eigenvalue weighted by atomic mass is 9.99. The van der Waals surface area contributed by atoms with Crippen LogP contribution < -0.4 is 4.74 Å². The lowest BCUT2D eigenvalue weighted by molar-refractivity contribution is -0.143. The number of aliphatic carboxylic acids is 1. The summed E-state index contributed by atoms with van der Waals surface area (Å²) in [5.74, 6) is -0.939. The van der Waals surface area contributed by atoms with Gasteiger partial charge in [0.15, 0.2) is 0 Å². The summed E-state index contributed by atoms with van der Waals surface area (Å²) >= 11 is 1.52. The first-order valence-corrected chi connectivity index (χ1v) is 9.70. The summed E-state index contributed by atoms with van der Waals surface area (Å²) in [5.41, 5.74) is 1.30. The number of rotatable bonds is 11. The highest BCUT2D eigenvalue weighted by Gasteiger charge is 2.28. The van der Waals surface area contributed by atoms with E-state index >= 15 is 0 Å². The molecule has 2 rings (SSSR count). The normalized spacial score (nSPS) is 13.2. The Morgan fingerprint density at radius 2 is 1.77 bits per heavy atom. The van der Waals surface area contributed by atoms with Crippen LogP contribution in [0.4, 0.5) is 0 Å². The average molecular weight is 375 g/mol. The fourth-order valence-corrected chi connectivity index (χ4v) is 4.14. The van der Waals surface area contributed by atoms with Gasteiger partial charge in [-0.25, -0.2) is 0 Å². The minimum atomic E-state index is -0.943. The molecular formula is C21H26O4S. The van der Waals surface area contributed by atoms with Crippen molar-refractivity contribution in [1.82, 2.24) is 0 Å². The second-order valence-corrected chi connectivity index (χ2v) is 7.50. The summed E-state index contributed by atoms with van der Waals surface area (Å²) in [7, 11) is 1.61. The molecule has 0 aliphatic heterocycles. The minimum absolute atomic E-state index is 0.165. The van der Waals surface area contributed by atoms with Gasteiger partial charge in [0.1, 0.15) is 5.75 Å². The van der Waals surface area contributed by atoms with Gasteiger partial charge in [0.05, 0.1) is 19.6 Å². The molecule has 0 spiro atoms. The van der Waals surface area contributed by atoms with Crippen LogP contribution in [-0.4, -0.2) is 35.1 Å². The van der Waals surface area contributed by atoms with Crippen LogP contribution in [0.25, 0.3) is 0 Å². The van der Waals surface area contributed by atoms with Crippen molar-refractivity contribution < 1.29 is 19.7 Å². The van der Waals surface area contributed by atoms with Crippen molar-refractivity contribution in [2.24, 2.45) is 5.92 Å². The number of ether oxygens (including phenoxy) is 1. The molecule has 0 aliphatic rings. The molecule has 4 nitrogen and oxygen atoms in total. The SMILES string of the molecule is COc1ccc(S[C@H](CCCCc2ccccc2)[C@H](CO)C(=O)O)cc1. The molecule has 5 heteroatoms. The van der Waals surface area contributed by atoms with E-state index in [1.165, 1.54) is 17.3 Å². The molecular weight excluding hydrogens is 348 g/mol. The van der Waals surface area contributed by atoms with Crippen LogP contribution in [0.3, 0.4) is 0 Å². The number of hydrogen-bond acceptors (Lipinski definition) is 4. The van der Waals surface area contributed by atoms with Gasteiger partial charge in [0.2, 0.25) is 0 Å². The molecule has 0 saturated heterocycles. The number of methoxy groups -OCH3 is 1. The third-order valence-corrected chi connectivity index (χ3v) is 5.77. The zero-order valence-electron chi connectivity index (χ0n) is 15.0.